The second-order valence-corrected chi connectivity index (χ2v) is 6.34. The van der Waals surface area contributed by atoms with Crippen LogP contribution in [0.4, 0.5) is 11.4 Å². The van der Waals surface area contributed by atoms with Crippen LogP contribution in [0.15, 0.2) is 78.4 Å². The zero-order valence-corrected chi connectivity index (χ0v) is 15.4. The van der Waals surface area contributed by atoms with Gasteiger partial charge in [0.15, 0.2) is 5.71 Å². The maximum absolute atomic E-state index is 5.88. The van der Waals surface area contributed by atoms with Crippen LogP contribution >= 0.6 is 0 Å². The maximum atomic E-state index is 5.88. The molecule has 2 aromatic carbocycles. The highest BCUT2D eigenvalue weighted by atomic mass is 15.0. The van der Waals surface area contributed by atoms with Gasteiger partial charge in [0.05, 0.1) is 0 Å². The van der Waals surface area contributed by atoms with Crippen molar-refractivity contribution in [2.24, 2.45) is 0 Å². The van der Waals surface area contributed by atoms with Crippen LogP contribution in [0, 0.1) is 0 Å². The van der Waals surface area contributed by atoms with E-state index in [0.29, 0.717) is 0 Å². The third-order valence-electron chi connectivity index (χ3n) is 4.68. The minimum absolute atomic E-state index is 0.766. The lowest BCUT2D eigenvalue weighted by molar-refractivity contribution is -0.519. The molecule has 26 heavy (non-hydrogen) atoms. The second-order valence-electron chi connectivity index (χ2n) is 6.34. The number of anilines is 2. The SMILES string of the molecule is CC[N+](CC)=C1C=CC(=C(c2ccc(N)cc2)c2ccc(N)cc2)C=C1. The van der Waals surface area contributed by atoms with E-state index >= 15 is 0 Å². The van der Waals surface area contributed by atoms with Gasteiger partial charge in [-0.25, -0.2) is 4.58 Å². The molecule has 0 saturated carbocycles. The first-order chi connectivity index (χ1) is 12.6. The number of nitrogens with zero attached hydrogens (tertiary/aromatic N) is 1. The van der Waals surface area contributed by atoms with E-state index in [2.05, 4.69) is 67.0 Å². The van der Waals surface area contributed by atoms with Gasteiger partial charge in [0.25, 0.3) is 0 Å². The quantitative estimate of drug-likeness (QED) is 0.643. The molecular weight excluding hydrogens is 318 g/mol. The van der Waals surface area contributed by atoms with Crippen molar-refractivity contribution in [3.05, 3.63) is 89.5 Å². The van der Waals surface area contributed by atoms with Gasteiger partial charge in [-0.3, -0.25) is 0 Å². The van der Waals surface area contributed by atoms with E-state index in [-0.39, 0.29) is 0 Å². The second kappa shape index (κ2) is 7.87. The van der Waals surface area contributed by atoms with Gasteiger partial charge in [-0.15, -0.1) is 0 Å². The summed E-state index contributed by atoms with van der Waals surface area (Å²) in [6, 6.07) is 16.0. The minimum atomic E-state index is 0.766. The first-order valence-corrected chi connectivity index (χ1v) is 9.06. The van der Waals surface area contributed by atoms with Crippen LogP contribution in [0.3, 0.4) is 0 Å². The summed E-state index contributed by atoms with van der Waals surface area (Å²) >= 11 is 0. The number of hydrogen-bond donors (Lipinski definition) is 2. The fourth-order valence-corrected chi connectivity index (χ4v) is 3.23. The predicted octanol–water partition coefficient (Wildman–Crippen LogP) is 4.27. The Kier molecular flexibility index (Phi) is 5.37. The Labute approximate surface area is 155 Å². The van der Waals surface area contributed by atoms with E-state index in [1.54, 1.807) is 0 Å². The molecule has 3 rings (SSSR count). The number of benzene rings is 2. The number of nitrogens with two attached hydrogens (primary N) is 2. The molecule has 0 amide bonds. The normalized spacial score (nSPS) is 13.2. The molecule has 0 heterocycles. The molecule has 0 atom stereocenters. The molecule has 3 nitrogen and oxygen atoms in total. The predicted molar refractivity (Wildman–Crippen MR) is 112 cm³/mol. The summed E-state index contributed by atoms with van der Waals surface area (Å²) < 4.78 is 2.34. The van der Waals surface area contributed by atoms with Crippen LogP contribution in [0.1, 0.15) is 25.0 Å². The smallest absolute Gasteiger partial charge is 0.199 e. The van der Waals surface area contributed by atoms with Crippen LogP contribution in [0.2, 0.25) is 0 Å². The molecule has 4 N–H and O–H groups in total. The van der Waals surface area contributed by atoms with Crippen molar-refractivity contribution in [1.82, 2.24) is 0 Å². The van der Waals surface area contributed by atoms with Gasteiger partial charge in [-0.1, -0.05) is 24.3 Å². The number of rotatable bonds is 4. The lowest BCUT2D eigenvalue weighted by atomic mass is 9.90. The Morgan fingerprint density at radius 3 is 1.50 bits per heavy atom. The van der Waals surface area contributed by atoms with Crippen LogP contribution in [0.5, 0.6) is 0 Å². The molecule has 1 aliphatic rings. The average Bonchev–Trinajstić information content (AvgIpc) is 2.67. The molecule has 0 spiro atoms. The van der Waals surface area contributed by atoms with Crippen molar-refractivity contribution in [3.63, 3.8) is 0 Å². The van der Waals surface area contributed by atoms with Gasteiger partial charge in [0.2, 0.25) is 0 Å². The topological polar surface area (TPSA) is 55.0 Å². The third-order valence-corrected chi connectivity index (χ3v) is 4.68. The fraction of sp³-hybridized carbons (Fsp3) is 0.174. The summed E-state index contributed by atoms with van der Waals surface area (Å²) in [4.78, 5) is 0. The van der Waals surface area contributed by atoms with Gasteiger partial charge >= 0.3 is 0 Å². The van der Waals surface area contributed by atoms with Crippen LogP contribution in [-0.2, 0) is 0 Å². The van der Waals surface area contributed by atoms with Gasteiger partial charge in [-0.05, 0) is 72.5 Å². The third kappa shape index (κ3) is 3.77. The van der Waals surface area contributed by atoms with Crippen molar-refractivity contribution >= 4 is 22.7 Å². The summed E-state index contributed by atoms with van der Waals surface area (Å²) in [7, 11) is 0. The van der Waals surface area contributed by atoms with Crippen molar-refractivity contribution < 1.29 is 4.58 Å². The summed E-state index contributed by atoms with van der Waals surface area (Å²) in [5.41, 5.74) is 19.2. The largest absolute Gasteiger partial charge is 0.399 e. The Balaban J connectivity index is 2.12. The molecule has 2 aromatic rings. The van der Waals surface area contributed by atoms with Crippen molar-refractivity contribution in [3.8, 4) is 0 Å². The summed E-state index contributed by atoms with van der Waals surface area (Å²) in [5.74, 6) is 0. The summed E-state index contributed by atoms with van der Waals surface area (Å²) in [6.45, 7) is 6.36. The molecule has 0 saturated heterocycles. The lowest BCUT2D eigenvalue weighted by Gasteiger charge is -2.14. The Morgan fingerprint density at radius 1 is 0.692 bits per heavy atom. The summed E-state index contributed by atoms with van der Waals surface area (Å²) in [6.07, 6.45) is 8.76. The average molecular weight is 344 g/mol. The molecule has 0 bridgehead atoms. The number of allylic oxidation sites excluding steroid dienone is 5. The maximum Gasteiger partial charge on any atom is 0.199 e. The molecule has 0 radical (unpaired) electrons. The molecular formula is C23H26N3+. The highest BCUT2D eigenvalue weighted by Crippen LogP contribution is 2.30. The number of hydrogen-bond acceptors (Lipinski definition) is 2. The van der Waals surface area contributed by atoms with E-state index in [0.717, 1.165) is 35.6 Å². The zero-order valence-electron chi connectivity index (χ0n) is 15.4. The van der Waals surface area contributed by atoms with E-state index in [1.165, 1.54) is 16.9 Å². The van der Waals surface area contributed by atoms with Crippen molar-refractivity contribution in [2.75, 3.05) is 24.6 Å². The van der Waals surface area contributed by atoms with Gasteiger partial charge in [-0.2, -0.15) is 0 Å². The molecule has 132 valence electrons. The minimum Gasteiger partial charge on any atom is -0.399 e. The van der Waals surface area contributed by atoms with Gasteiger partial charge in [0.1, 0.15) is 13.1 Å². The van der Waals surface area contributed by atoms with E-state index in [9.17, 15) is 0 Å². The molecule has 0 aliphatic heterocycles. The lowest BCUT2D eigenvalue weighted by Crippen LogP contribution is -2.19. The summed E-state index contributed by atoms with van der Waals surface area (Å²) in [5, 5.41) is 0. The number of nitrogen functional groups attached to an aromatic ring is 2. The Morgan fingerprint density at radius 2 is 1.12 bits per heavy atom. The highest BCUT2D eigenvalue weighted by molar-refractivity contribution is 6.04. The van der Waals surface area contributed by atoms with Gasteiger partial charge in [0, 0.05) is 23.5 Å². The van der Waals surface area contributed by atoms with E-state index in [4.69, 9.17) is 11.5 Å². The fourth-order valence-electron chi connectivity index (χ4n) is 3.23. The van der Waals surface area contributed by atoms with Crippen LogP contribution in [-0.4, -0.2) is 23.4 Å². The Bertz CT molecular complexity index is 824. The van der Waals surface area contributed by atoms with Crippen molar-refractivity contribution in [1.29, 1.82) is 0 Å². The molecule has 3 heteroatoms. The highest BCUT2D eigenvalue weighted by Gasteiger charge is 2.14. The molecule has 1 aliphatic carbocycles. The first-order valence-electron chi connectivity index (χ1n) is 9.06. The zero-order chi connectivity index (χ0) is 18.5. The van der Waals surface area contributed by atoms with Gasteiger partial charge < -0.3 is 11.5 Å². The Hall–Kier alpha value is -3.07. The monoisotopic (exact) mass is 344 g/mol. The van der Waals surface area contributed by atoms with E-state index in [1.807, 2.05) is 24.3 Å². The van der Waals surface area contributed by atoms with Crippen molar-refractivity contribution in [2.45, 2.75) is 13.8 Å². The van der Waals surface area contributed by atoms with E-state index < -0.39 is 0 Å². The van der Waals surface area contributed by atoms with Crippen LogP contribution in [0.25, 0.3) is 5.57 Å². The standard InChI is InChI=1S/C23H25N3/c1-3-26(4-2)22-15-9-19(10-16-22)23(17-5-11-20(24)12-6-17)18-7-13-21(25)14-8-18/h5-16H,3-4H2,1-2H3,(H3,24,25)/p+1. The molecule has 0 unspecified atom stereocenters. The molecule has 0 fully saturated rings. The van der Waals surface area contributed by atoms with Crippen LogP contribution < -0.4 is 11.5 Å². The first kappa shape index (κ1) is 17.7. The molecule has 0 aromatic heterocycles.